The van der Waals surface area contributed by atoms with Crippen LogP contribution in [0.15, 0.2) is 24.3 Å². The molecule has 2 rings (SSSR count). The maximum Gasteiger partial charge on any atom is 0.251 e. The molecule has 1 aliphatic heterocycles. The maximum absolute atomic E-state index is 11.7. The monoisotopic (exact) mass is 234 g/mol. The highest BCUT2D eigenvalue weighted by Gasteiger charge is 2.17. The number of carbonyl (C=O) groups is 1. The molecule has 1 aliphatic rings. The van der Waals surface area contributed by atoms with E-state index in [4.69, 9.17) is 4.74 Å². The molecule has 17 heavy (non-hydrogen) atoms. The minimum Gasteiger partial charge on any atom is -0.378 e. The van der Waals surface area contributed by atoms with Gasteiger partial charge in [-0.15, -0.1) is 0 Å². The number of amides is 1. The number of hydrogen-bond acceptors (Lipinski definition) is 3. The third kappa shape index (κ3) is 3.20. The van der Waals surface area contributed by atoms with Gasteiger partial charge in [-0.05, 0) is 38.1 Å². The first-order chi connectivity index (χ1) is 8.15. The molecule has 0 spiro atoms. The van der Waals surface area contributed by atoms with Gasteiger partial charge in [0.1, 0.15) is 0 Å². The second-order valence-electron chi connectivity index (χ2n) is 4.58. The molecule has 2 N–H and O–H groups in total. The average Bonchev–Trinajstić information content (AvgIpc) is 2.23. The molecular weight excluding hydrogens is 216 g/mol. The Morgan fingerprint density at radius 2 is 1.94 bits per heavy atom. The van der Waals surface area contributed by atoms with E-state index in [9.17, 15) is 4.79 Å². The molecule has 1 fully saturated rings. The molecule has 0 atom stereocenters. The molecule has 1 aromatic carbocycles. The summed E-state index contributed by atoms with van der Waals surface area (Å²) < 4.78 is 5.09. The first kappa shape index (κ1) is 11.9. The summed E-state index contributed by atoms with van der Waals surface area (Å²) in [5.41, 5.74) is 1.72. The van der Waals surface area contributed by atoms with E-state index >= 15 is 0 Å². The third-order valence-electron chi connectivity index (χ3n) is 2.58. The van der Waals surface area contributed by atoms with E-state index < -0.39 is 0 Å². The molecule has 0 aromatic heterocycles. The van der Waals surface area contributed by atoms with Crippen molar-refractivity contribution in [2.45, 2.75) is 25.9 Å². The van der Waals surface area contributed by atoms with E-state index in [0.717, 1.165) is 18.9 Å². The van der Waals surface area contributed by atoms with E-state index in [2.05, 4.69) is 10.6 Å². The number of anilines is 1. The number of nitrogens with one attached hydrogen (secondary N) is 2. The molecule has 4 nitrogen and oxygen atoms in total. The van der Waals surface area contributed by atoms with E-state index in [-0.39, 0.29) is 11.9 Å². The first-order valence-corrected chi connectivity index (χ1v) is 5.90. The lowest BCUT2D eigenvalue weighted by molar-refractivity contribution is 0.0211. The van der Waals surface area contributed by atoms with Crippen LogP contribution in [0.1, 0.15) is 24.2 Å². The highest BCUT2D eigenvalue weighted by molar-refractivity contribution is 5.94. The Kier molecular flexibility index (Phi) is 3.64. The van der Waals surface area contributed by atoms with Gasteiger partial charge in [0, 0.05) is 17.3 Å². The number of carbonyl (C=O) groups excluding carboxylic acids is 1. The molecule has 0 aliphatic carbocycles. The van der Waals surface area contributed by atoms with Crippen LogP contribution in [0.2, 0.25) is 0 Å². The van der Waals surface area contributed by atoms with Crippen molar-refractivity contribution in [3.8, 4) is 0 Å². The van der Waals surface area contributed by atoms with Gasteiger partial charge in [0.15, 0.2) is 0 Å². The third-order valence-corrected chi connectivity index (χ3v) is 2.58. The van der Waals surface area contributed by atoms with Crippen LogP contribution >= 0.6 is 0 Å². The fourth-order valence-electron chi connectivity index (χ4n) is 1.62. The molecule has 1 heterocycles. The molecule has 0 saturated carbocycles. The summed E-state index contributed by atoms with van der Waals surface area (Å²) in [4.78, 5) is 11.7. The molecular formula is C13H18N2O2. The minimum atomic E-state index is -0.0291. The Bertz CT molecular complexity index is 383. The Morgan fingerprint density at radius 3 is 2.41 bits per heavy atom. The van der Waals surface area contributed by atoms with Crippen LogP contribution in [0, 0.1) is 0 Å². The second-order valence-corrected chi connectivity index (χ2v) is 4.58. The van der Waals surface area contributed by atoms with Gasteiger partial charge in [-0.25, -0.2) is 0 Å². The average molecular weight is 234 g/mol. The largest absolute Gasteiger partial charge is 0.378 e. The number of hydrogen-bond donors (Lipinski definition) is 2. The van der Waals surface area contributed by atoms with Gasteiger partial charge >= 0.3 is 0 Å². The van der Waals surface area contributed by atoms with Crippen molar-refractivity contribution in [3.05, 3.63) is 29.8 Å². The molecule has 4 heteroatoms. The van der Waals surface area contributed by atoms with Crippen LogP contribution in [0.25, 0.3) is 0 Å². The van der Waals surface area contributed by atoms with Crippen LogP contribution < -0.4 is 10.6 Å². The van der Waals surface area contributed by atoms with Crippen LogP contribution in [-0.4, -0.2) is 31.2 Å². The zero-order valence-electron chi connectivity index (χ0n) is 10.2. The van der Waals surface area contributed by atoms with Crippen molar-refractivity contribution >= 4 is 11.6 Å². The van der Waals surface area contributed by atoms with Crippen molar-refractivity contribution < 1.29 is 9.53 Å². The summed E-state index contributed by atoms with van der Waals surface area (Å²) >= 11 is 0. The molecule has 1 aromatic rings. The normalized spacial score (nSPS) is 15.5. The quantitative estimate of drug-likeness (QED) is 0.832. The number of rotatable bonds is 4. The van der Waals surface area contributed by atoms with Crippen LogP contribution in [0.3, 0.4) is 0 Å². The van der Waals surface area contributed by atoms with Crippen LogP contribution in [0.4, 0.5) is 5.69 Å². The van der Waals surface area contributed by atoms with Crippen molar-refractivity contribution in [3.63, 3.8) is 0 Å². The van der Waals surface area contributed by atoms with Crippen LogP contribution in [-0.2, 0) is 4.74 Å². The van der Waals surface area contributed by atoms with Gasteiger partial charge in [0.2, 0.25) is 0 Å². The number of benzene rings is 1. The Hall–Kier alpha value is -1.55. The molecule has 0 unspecified atom stereocenters. The lowest BCUT2D eigenvalue weighted by Gasteiger charge is -2.27. The van der Waals surface area contributed by atoms with Crippen molar-refractivity contribution in [2.24, 2.45) is 0 Å². The highest BCUT2D eigenvalue weighted by atomic mass is 16.5. The fourth-order valence-corrected chi connectivity index (χ4v) is 1.62. The van der Waals surface area contributed by atoms with Gasteiger partial charge in [0.05, 0.1) is 19.3 Å². The molecule has 92 valence electrons. The minimum absolute atomic E-state index is 0.0291. The molecule has 1 saturated heterocycles. The fraction of sp³-hybridized carbons (Fsp3) is 0.462. The summed E-state index contributed by atoms with van der Waals surface area (Å²) in [5, 5.41) is 6.19. The lowest BCUT2D eigenvalue weighted by atomic mass is 10.1. The van der Waals surface area contributed by atoms with Gasteiger partial charge < -0.3 is 15.4 Å². The molecule has 1 amide bonds. The van der Waals surface area contributed by atoms with Gasteiger partial charge in [-0.3, -0.25) is 4.79 Å². The summed E-state index contributed by atoms with van der Waals surface area (Å²) in [5.74, 6) is -0.0291. The molecule has 0 radical (unpaired) electrons. The lowest BCUT2D eigenvalue weighted by Crippen LogP contribution is -2.40. The zero-order chi connectivity index (χ0) is 12.3. The van der Waals surface area contributed by atoms with E-state index in [0.29, 0.717) is 11.6 Å². The molecule has 0 bridgehead atoms. The summed E-state index contributed by atoms with van der Waals surface area (Å²) in [6, 6.07) is 8.08. The van der Waals surface area contributed by atoms with Crippen molar-refractivity contribution in [2.75, 3.05) is 18.5 Å². The van der Waals surface area contributed by atoms with Gasteiger partial charge in [-0.2, -0.15) is 0 Å². The van der Waals surface area contributed by atoms with E-state index in [1.807, 2.05) is 38.1 Å². The maximum atomic E-state index is 11.7. The topological polar surface area (TPSA) is 50.4 Å². The zero-order valence-corrected chi connectivity index (χ0v) is 10.2. The summed E-state index contributed by atoms with van der Waals surface area (Å²) in [7, 11) is 0. The first-order valence-electron chi connectivity index (χ1n) is 5.90. The van der Waals surface area contributed by atoms with E-state index in [1.165, 1.54) is 0 Å². The predicted octanol–water partition coefficient (Wildman–Crippen LogP) is 1.64. The smallest absolute Gasteiger partial charge is 0.251 e. The summed E-state index contributed by atoms with van der Waals surface area (Å²) in [6.45, 7) is 5.42. The van der Waals surface area contributed by atoms with Crippen molar-refractivity contribution in [1.82, 2.24) is 5.32 Å². The Balaban J connectivity index is 1.94. The van der Waals surface area contributed by atoms with Gasteiger partial charge in [0.25, 0.3) is 5.91 Å². The predicted molar refractivity (Wildman–Crippen MR) is 67.3 cm³/mol. The second kappa shape index (κ2) is 5.19. The Morgan fingerprint density at radius 1 is 1.29 bits per heavy atom. The standard InChI is InChI=1S/C13H18N2O2/c1-9(2)14-13(16)10-3-5-11(6-4-10)15-12-7-17-8-12/h3-6,9,12,15H,7-8H2,1-2H3,(H,14,16). The van der Waals surface area contributed by atoms with Crippen LogP contribution in [0.5, 0.6) is 0 Å². The highest BCUT2D eigenvalue weighted by Crippen LogP contribution is 2.13. The summed E-state index contributed by atoms with van der Waals surface area (Å²) in [6.07, 6.45) is 0. The SMILES string of the molecule is CC(C)NC(=O)c1ccc(NC2COC2)cc1. The number of ether oxygens (including phenoxy) is 1. The van der Waals surface area contributed by atoms with Crippen molar-refractivity contribution in [1.29, 1.82) is 0 Å². The van der Waals surface area contributed by atoms with E-state index in [1.54, 1.807) is 0 Å². The Labute approximate surface area is 101 Å². The van der Waals surface area contributed by atoms with Gasteiger partial charge in [-0.1, -0.05) is 0 Å².